The lowest BCUT2D eigenvalue weighted by atomic mass is 9.91. The summed E-state index contributed by atoms with van der Waals surface area (Å²) in [7, 11) is -1.78. The van der Waals surface area contributed by atoms with Gasteiger partial charge in [-0.25, -0.2) is 4.67 Å². The van der Waals surface area contributed by atoms with Gasteiger partial charge in [0, 0.05) is 17.2 Å². The van der Waals surface area contributed by atoms with Crippen molar-refractivity contribution in [3.8, 4) is 11.5 Å². The molecule has 4 nitrogen and oxygen atoms in total. The van der Waals surface area contributed by atoms with E-state index in [0.717, 1.165) is 33.2 Å². The number of benzene rings is 4. The zero-order chi connectivity index (χ0) is 23.0. The van der Waals surface area contributed by atoms with Gasteiger partial charge in [0.15, 0.2) is 0 Å². The van der Waals surface area contributed by atoms with Gasteiger partial charge in [0.2, 0.25) is 0 Å². The van der Waals surface area contributed by atoms with Crippen molar-refractivity contribution in [3.05, 3.63) is 108 Å². The molecule has 6 heteroatoms. The number of ether oxygens (including phenoxy) is 1. The van der Waals surface area contributed by atoms with Crippen LogP contribution < -0.4 is 9.26 Å². The second kappa shape index (κ2) is 8.87. The number of alkyl halides is 1. The van der Waals surface area contributed by atoms with Crippen LogP contribution >= 0.6 is 19.1 Å². The van der Waals surface area contributed by atoms with Gasteiger partial charge in [-0.15, -0.1) is 11.6 Å². The molecular formula is C27H25ClNO3P. The third-order valence-electron chi connectivity index (χ3n) is 6.32. The molecule has 4 aromatic rings. The SMILES string of the molecule is COc1ccccc1[C@H]1c2c(ccc3ccccc23)O[P@@](=O)(CCl)N1[C@@H](C)c1ccccc1. The number of methoxy groups -OCH3 is 1. The zero-order valence-electron chi connectivity index (χ0n) is 18.5. The molecular weight excluding hydrogens is 453 g/mol. The van der Waals surface area contributed by atoms with E-state index in [9.17, 15) is 4.57 Å². The van der Waals surface area contributed by atoms with Gasteiger partial charge in [-0.2, -0.15) is 0 Å². The molecule has 0 saturated heterocycles. The first-order chi connectivity index (χ1) is 16.1. The molecule has 0 fully saturated rings. The van der Waals surface area contributed by atoms with E-state index in [1.807, 2.05) is 83.5 Å². The van der Waals surface area contributed by atoms with Crippen LogP contribution in [0, 0.1) is 0 Å². The summed E-state index contributed by atoms with van der Waals surface area (Å²) in [5.41, 5.74) is 2.81. The van der Waals surface area contributed by atoms with Crippen LogP contribution in [0.5, 0.6) is 11.5 Å². The van der Waals surface area contributed by atoms with Gasteiger partial charge < -0.3 is 9.26 Å². The van der Waals surface area contributed by atoms with Crippen LogP contribution in [0.4, 0.5) is 0 Å². The van der Waals surface area contributed by atoms with E-state index in [4.69, 9.17) is 20.9 Å². The van der Waals surface area contributed by atoms with Crippen molar-refractivity contribution in [2.24, 2.45) is 0 Å². The molecule has 0 aromatic heterocycles. The van der Waals surface area contributed by atoms with Crippen molar-refractivity contribution in [2.75, 3.05) is 12.7 Å². The molecule has 1 aliphatic heterocycles. The first-order valence-electron chi connectivity index (χ1n) is 10.9. The van der Waals surface area contributed by atoms with Crippen LogP contribution in [0.25, 0.3) is 10.8 Å². The number of fused-ring (bicyclic) bond motifs is 3. The van der Waals surface area contributed by atoms with Crippen molar-refractivity contribution >= 4 is 29.9 Å². The third kappa shape index (κ3) is 3.73. The quantitative estimate of drug-likeness (QED) is 0.217. The normalized spacial score (nSPS) is 21.2. The van der Waals surface area contributed by atoms with Crippen LogP contribution in [0.3, 0.4) is 0 Å². The van der Waals surface area contributed by atoms with Crippen molar-refractivity contribution in [1.82, 2.24) is 4.67 Å². The predicted molar refractivity (Wildman–Crippen MR) is 134 cm³/mol. The van der Waals surface area contributed by atoms with Crippen LogP contribution in [0.2, 0.25) is 0 Å². The van der Waals surface area contributed by atoms with Gasteiger partial charge in [-0.1, -0.05) is 78.9 Å². The van der Waals surface area contributed by atoms with Crippen molar-refractivity contribution in [3.63, 3.8) is 0 Å². The summed E-state index contributed by atoms with van der Waals surface area (Å²) in [5.74, 6) is 1.33. The Morgan fingerprint density at radius 1 is 0.970 bits per heavy atom. The van der Waals surface area contributed by atoms with Gasteiger partial charge in [0.25, 0.3) is 0 Å². The highest BCUT2D eigenvalue weighted by Crippen LogP contribution is 2.66. The Hall–Kier alpha value is -2.78. The number of halogens is 1. The van der Waals surface area contributed by atoms with Gasteiger partial charge in [-0.3, -0.25) is 4.57 Å². The molecule has 0 saturated carbocycles. The lowest BCUT2D eigenvalue weighted by molar-refractivity contribution is 0.239. The van der Waals surface area contributed by atoms with Gasteiger partial charge >= 0.3 is 7.52 Å². The molecule has 0 radical (unpaired) electrons. The topological polar surface area (TPSA) is 38.8 Å². The van der Waals surface area contributed by atoms with Gasteiger partial charge in [0.1, 0.15) is 17.1 Å². The highest BCUT2D eigenvalue weighted by molar-refractivity contribution is 7.58. The summed E-state index contributed by atoms with van der Waals surface area (Å²) in [6.07, 6.45) is 0. The Bertz CT molecular complexity index is 1340. The molecule has 5 rings (SSSR count). The van der Waals surface area contributed by atoms with E-state index >= 15 is 0 Å². The lowest BCUT2D eigenvalue weighted by Gasteiger charge is -2.45. The zero-order valence-corrected chi connectivity index (χ0v) is 20.2. The van der Waals surface area contributed by atoms with Gasteiger partial charge in [-0.05, 0) is 35.4 Å². The molecule has 0 N–H and O–H groups in total. The molecule has 1 aliphatic rings. The summed E-state index contributed by atoms with van der Waals surface area (Å²) in [6.45, 7) is 2.05. The Kier molecular flexibility index (Phi) is 5.92. The third-order valence-corrected chi connectivity index (χ3v) is 9.30. The number of hydrogen-bond acceptors (Lipinski definition) is 3. The average Bonchev–Trinajstić information content (AvgIpc) is 2.87. The monoisotopic (exact) mass is 477 g/mol. The number of nitrogens with zero attached hydrogens (tertiary/aromatic N) is 1. The molecule has 0 unspecified atom stereocenters. The summed E-state index contributed by atoms with van der Waals surface area (Å²) < 4.78 is 28.4. The minimum Gasteiger partial charge on any atom is -0.496 e. The predicted octanol–water partition coefficient (Wildman–Crippen LogP) is 7.78. The molecule has 0 aliphatic carbocycles. The van der Waals surface area contributed by atoms with E-state index < -0.39 is 7.52 Å². The Morgan fingerprint density at radius 3 is 2.42 bits per heavy atom. The molecule has 0 bridgehead atoms. The first-order valence-corrected chi connectivity index (χ1v) is 13.2. The molecule has 33 heavy (non-hydrogen) atoms. The van der Waals surface area contributed by atoms with E-state index in [1.54, 1.807) is 7.11 Å². The largest absolute Gasteiger partial charge is 0.496 e. The number of rotatable bonds is 5. The molecule has 4 aromatic carbocycles. The molecule has 1 heterocycles. The van der Waals surface area contributed by atoms with Crippen molar-refractivity contribution in [2.45, 2.75) is 19.0 Å². The second-order valence-electron chi connectivity index (χ2n) is 8.16. The van der Waals surface area contributed by atoms with E-state index in [0.29, 0.717) is 5.75 Å². The average molecular weight is 478 g/mol. The number of para-hydroxylation sites is 1. The maximum absolute atomic E-state index is 14.4. The maximum atomic E-state index is 14.4. The van der Waals surface area contributed by atoms with Gasteiger partial charge in [0.05, 0.1) is 13.2 Å². The molecule has 0 amide bonds. The Morgan fingerprint density at radius 2 is 1.67 bits per heavy atom. The fourth-order valence-corrected chi connectivity index (χ4v) is 7.30. The molecule has 3 atom stereocenters. The highest BCUT2D eigenvalue weighted by Gasteiger charge is 2.48. The lowest BCUT2D eigenvalue weighted by Crippen LogP contribution is -2.35. The minimum absolute atomic E-state index is 0.123. The first kappa shape index (κ1) is 22.0. The van der Waals surface area contributed by atoms with E-state index in [2.05, 4.69) is 19.1 Å². The minimum atomic E-state index is -3.45. The molecule has 0 spiro atoms. The van der Waals surface area contributed by atoms with E-state index in [1.165, 1.54) is 0 Å². The number of hydrogen-bond donors (Lipinski definition) is 0. The molecule has 168 valence electrons. The van der Waals surface area contributed by atoms with Crippen molar-refractivity contribution < 1.29 is 13.8 Å². The smallest absolute Gasteiger partial charge is 0.335 e. The summed E-state index contributed by atoms with van der Waals surface area (Å²) in [4.78, 5) is 0. The van der Waals surface area contributed by atoms with E-state index in [-0.39, 0.29) is 17.7 Å². The summed E-state index contributed by atoms with van der Waals surface area (Å²) >= 11 is 6.40. The Labute approximate surface area is 199 Å². The summed E-state index contributed by atoms with van der Waals surface area (Å²) in [5, 5.41) is 2.15. The fourth-order valence-electron chi connectivity index (χ4n) is 4.79. The van der Waals surface area contributed by atoms with Crippen LogP contribution in [0.1, 0.15) is 35.7 Å². The highest BCUT2D eigenvalue weighted by atomic mass is 35.5. The second-order valence-corrected chi connectivity index (χ2v) is 11.0. The van der Waals surface area contributed by atoms with Crippen LogP contribution in [-0.4, -0.2) is 17.4 Å². The van der Waals surface area contributed by atoms with Crippen LogP contribution in [0.15, 0.2) is 91.0 Å². The Balaban J connectivity index is 1.85. The fraction of sp³-hybridized carbons (Fsp3) is 0.185. The summed E-state index contributed by atoms with van der Waals surface area (Å²) in [6, 6.07) is 29.4. The van der Waals surface area contributed by atoms with Crippen LogP contribution in [-0.2, 0) is 4.57 Å². The maximum Gasteiger partial charge on any atom is 0.335 e. The van der Waals surface area contributed by atoms with Crippen molar-refractivity contribution in [1.29, 1.82) is 0 Å². The standard InChI is InChI=1S/C27H25ClNO3P/c1-19(20-10-4-3-5-11-20)29-27(23-14-8-9-15-24(23)31-2)26-22-13-7-6-12-21(22)16-17-25(26)32-33(29,30)18-28/h3-17,19,27H,18H2,1-2H3/t19-,27-,33-/m0/s1.